The van der Waals surface area contributed by atoms with E-state index in [9.17, 15) is 14.9 Å². The van der Waals surface area contributed by atoms with Gasteiger partial charge in [0.1, 0.15) is 18.5 Å². The highest BCUT2D eigenvalue weighted by Gasteiger charge is 2.27. The molecule has 1 unspecified atom stereocenters. The summed E-state index contributed by atoms with van der Waals surface area (Å²) >= 11 is 0. The van der Waals surface area contributed by atoms with Crippen LogP contribution < -0.4 is 4.74 Å². The van der Waals surface area contributed by atoms with Gasteiger partial charge in [-0.25, -0.2) is 0 Å². The van der Waals surface area contributed by atoms with Crippen LogP contribution in [0, 0.1) is 10.1 Å². The fourth-order valence-electron chi connectivity index (χ4n) is 2.76. The van der Waals surface area contributed by atoms with E-state index in [0.29, 0.717) is 24.5 Å². The molecule has 6 heteroatoms. The van der Waals surface area contributed by atoms with E-state index < -0.39 is 4.92 Å². The molecule has 1 aliphatic rings. The van der Waals surface area contributed by atoms with Gasteiger partial charge in [0, 0.05) is 17.7 Å². The number of nitrogens with zero attached hydrogens (tertiary/aromatic N) is 1. The molecule has 0 bridgehead atoms. The summed E-state index contributed by atoms with van der Waals surface area (Å²) in [6.45, 7) is 7.01. The number of carbonyl (C=O) groups is 1. The van der Waals surface area contributed by atoms with E-state index >= 15 is 0 Å². The minimum atomic E-state index is -0.514. The van der Waals surface area contributed by atoms with Crippen molar-refractivity contribution in [3.8, 4) is 5.75 Å². The second-order valence-corrected chi connectivity index (χ2v) is 7.33. The number of nitro groups is 1. The molecule has 2 aromatic carbocycles. The van der Waals surface area contributed by atoms with Crippen LogP contribution in [0.1, 0.15) is 42.3 Å². The van der Waals surface area contributed by atoms with Crippen LogP contribution in [0.5, 0.6) is 5.75 Å². The Morgan fingerprint density at radius 3 is 2.54 bits per heavy atom. The number of non-ortho nitro benzene ring substituents is 1. The Balaban J connectivity index is 2.04. The lowest BCUT2D eigenvalue weighted by molar-refractivity contribution is -0.384. The van der Waals surface area contributed by atoms with Gasteiger partial charge in [-0.15, -0.1) is 0 Å². The Labute approximate surface area is 151 Å². The first-order valence-electron chi connectivity index (χ1n) is 8.44. The number of carbonyl (C=O) groups excluding carboxylic acids is 1. The molecule has 0 saturated carbocycles. The van der Waals surface area contributed by atoms with Crippen molar-refractivity contribution in [3.05, 3.63) is 69.3 Å². The maximum absolute atomic E-state index is 13.2. The molecule has 3 rings (SSSR count). The van der Waals surface area contributed by atoms with Gasteiger partial charge in [-0.1, -0.05) is 45.0 Å². The Kier molecular flexibility index (Phi) is 4.78. The normalized spacial score (nSPS) is 16.2. The van der Waals surface area contributed by atoms with Crippen LogP contribution in [0.4, 0.5) is 5.69 Å². The van der Waals surface area contributed by atoms with E-state index in [1.165, 1.54) is 18.2 Å². The largest absolute Gasteiger partial charge is 0.490 e. The van der Waals surface area contributed by atoms with E-state index in [0.717, 1.165) is 5.56 Å². The predicted octanol–water partition coefficient (Wildman–Crippen LogP) is 3.90. The summed E-state index contributed by atoms with van der Waals surface area (Å²) < 4.78 is 10.8. The van der Waals surface area contributed by atoms with Gasteiger partial charge in [0.2, 0.25) is 0 Å². The van der Waals surface area contributed by atoms with Gasteiger partial charge >= 0.3 is 0 Å². The molecule has 2 aromatic rings. The van der Waals surface area contributed by atoms with Crippen molar-refractivity contribution in [3.63, 3.8) is 0 Å². The lowest BCUT2D eigenvalue weighted by Gasteiger charge is -2.22. The van der Waals surface area contributed by atoms with Crippen LogP contribution >= 0.6 is 0 Å². The summed E-state index contributed by atoms with van der Waals surface area (Å²) in [5.41, 5.74) is 1.21. The number of rotatable bonds is 6. The van der Waals surface area contributed by atoms with Crippen LogP contribution in [0.15, 0.2) is 42.5 Å². The van der Waals surface area contributed by atoms with Crippen LogP contribution in [0.2, 0.25) is 0 Å². The molecule has 1 atom stereocenters. The van der Waals surface area contributed by atoms with Gasteiger partial charge in [0.05, 0.1) is 17.1 Å². The highest BCUT2D eigenvalue weighted by Crippen LogP contribution is 2.32. The summed E-state index contributed by atoms with van der Waals surface area (Å²) in [5.74, 6) is 0.0470. The van der Waals surface area contributed by atoms with E-state index in [4.69, 9.17) is 9.47 Å². The third-order valence-corrected chi connectivity index (χ3v) is 4.23. The summed E-state index contributed by atoms with van der Waals surface area (Å²) in [7, 11) is 0. The van der Waals surface area contributed by atoms with E-state index in [1.807, 2.05) is 32.9 Å². The van der Waals surface area contributed by atoms with Gasteiger partial charge in [-0.3, -0.25) is 14.9 Å². The first-order valence-corrected chi connectivity index (χ1v) is 8.44. The summed E-state index contributed by atoms with van der Waals surface area (Å²) in [6.07, 6.45) is 0.0232. The zero-order valence-electron chi connectivity index (χ0n) is 15.0. The van der Waals surface area contributed by atoms with E-state index in [-0.39, 0.29) is 28.6 Å². The lowest BCUT2D eigenvalue weighted by Crippen LogP contribution is -2.18. The summed E-state index contributed by atoms with van der Waals surface area (Å²) in [6, 6.07) is 11.4. The van der Waals surface area contributed by atoms with Crippen LogP contribution in [-0.4, -0.2) is 30.0 Å². The van der Waals surface area contributed by atoms with Crippen LogP contribution in [0.25, 0.3) is 0 Å². The van der Waals surface area contributed by atoms with Crippen molar-refractivity contribution in [2.75, 3.05) is 13.2 Å². The zero-order valence-corrected chi connectivity index (χ0v) is 15.0. The highest BCUT2D eigenvalue weighted by molar-refractivity contribution is 6.12. The van der Waals surface area contributed by atoms with Crippen molar-refractivity contribution in [2.45, 2.75) is 32.3 Å². The van der Waals surface area contributed by atoms with Gasteiger partial charge in [0.15, 0.2) is 5.78 Å². The van der Waals surface area contributed by atoms with Crippen molar-refractivity contribution < 1.29 is 19.2 Å². The Bertz CT molecular complexity index is 850. The number of benzene rings is 2. The fraction of sp³-hybridized carbons (Fsp3) is 0.350. The first-order chi connectivity index (χ1) is 12.3. The molecule has 0 radical (unpaired) electrons. The average Bonchev–Trinajstić information content (AvgIpc) is 3.42. The smallest absolute Gasteiger partial charge is 0.270 e. The van der Waals surface area contributed by atoms with E-state index in [2.05, 4.69) is 0 Å². The topological polar surface area (TPSA) is 82.0 Å². The van der Waals surface area contributed by atoms with Crippen molar-refractivity contribution in [2.24, 2.45) is 0 Å². The number of ether oxygens (including phenoxy) is 2. The first kappa shape index (κ1) is 18.1. The molecule has 1 fully saturated rings. The summed E-state index contributed by atoms with van der Waals surface area (Å²) in [5, 5.41) is 11.2. The molecule has 0 aliphatic carbocycles. The number of hydrogen-bond acceptors (Lipinski definition) is 5. The molecular formula is C20H21NO5. The number of ketones is 1. The fourth-order valence-corrected chi connectivity index (χ4v) is 2.76. The molecular weight excluding hydrogens is 334 g/mol. The van der Waals surface area contributed by atoms with Gasteiger partial charge in [0.25, 0.3) is 5.69 Å². The lowest BCUT2D eigenvalue weighted by atomic mass is 9.81. The zero-order chi connectivity index (χ0) is 18.9. The predicted molar refractivity (Wildman–Crippen MR) is 96.9 cm³/mol. The molecule has 1 aliphatic heterocycles. The third-order valence-electron chi connectivity index (χ3n) is 4.23. The Hall–Kier alpha value is -2.73. The minimum absolute atomic E-state index is 0.0232. The maximum atomic E-state index is 13.2. The Morgan fingerprint density at radius 1 is 1.23 bits per heavy atom. The average molecular weight is 355 g/mol. The van der Waals surface area contributed by atoms with Gasteiger partial charge in [-0.05, 0) is 17.0 Å². The maximum Gasteiger partial charge on any atom is 0.270 e. The summed E-state index contributed by atoms with van der Waals surface area (Å²) in [4.78, 5) is 23.9. The van der Waals surface area contributed by atoms with E-state index in [1.54, 1.807) is 12.1 Å². The minimum Gasteiger partial charge on any atom is -0.490 e. The van der Waals surface area contributed by atoms with Crippen molar-refractivity contribution in [1.82, 2.24) is 0 Å². The highest BCUT2D eigenvalue weighted by atomic mass is 16.6. The van der Waals surface area contributed by atoms with Gasteiger partial charge in [-0.2, -0.15) is 0 Å². The van der Waals surface area contributed by atoms with Crippen molar-refractivity contribution >= 4 is 11.5 Å². The SMILES string of the molecule is CC(C)(C)c1ccccc1C(=O)c1cc([N+](=O)[O-])ccc1OCC1CO1. The standard InChI is InChI=1S/C20H21NO5/c1-20(2,3)17-7-5-4-6-15(17)19(22)16-10-13(21(23)24)8-9-18(16)26-12-14-11-25-14/h4-10,14H,11-12H2,1-3H3. The van der Waals surface area contributed by atoms with Crippen LogP contribution in [0.3, 0.4) is 0 Å². The van der Waals surface area contributed by atoms with Crippen LogP contribution in [-0.2, 0) is 10.2 Å². The molecule has 1 saturated heterocycles. The number of hydrogen-bond donors (Lipinski definition) is 0. The third kappa shape index (κ3) is 3.91. The molecule has 26 heavy (non-hydrogen) atoms. The second-order valence-electron chi connectivity index (χ2n) is 7.33. The van der Waals surface area contributed by atoms with Crippen molar-refractivity contribution in [1.29, 1.82) is 0 Å². The quantitative estimate of drug-likeness (QED) is 0.340. The molecule has 0 amide bonds. The monoisotopic (exact) mass is 355 g/mol. The molecule has 1 heterocycles. The Morgan fingerprint density at radius 2 is 1.92 bits per heavy atom. The molecule has 0 aromatic heterocycles. The van der Waals surface area contributed by atoms with Gasteiger partial charge < -0.3 is 9.47 Å². The molecule has 136 valence electrons. The molecule has 6 nitrogen and oxygen atoms in total. The molecule has 0 N–H and O–H groups in total. The number of epoxide rings is 1. The number of nitro benzene ring substituents is 1. The molecule has 0 spiro atoms. The second kappa shape index (κ2) is 6.88.